The van der Waals surface area contributed by atoms with Gasteiger partial charge in [0.15, 0.2) is 0 Å². The number of furan rings is 1. The quantitative estimate of drug-likeness (QED) is 0.629. The van der Waals surface area contributed by atoms with Crippen LogP contribution in [0.25, 0.3) is 11.0 Å². The van der Waals surface area contributed by atoms with E-state index in [0.717, 1.165) is 24.3 Å². The zero-order valence-electron chi connectivity index (χ0n) is 14.7. The minimum atomic E-state index is 0.287. The van der Waals surface area contributed by atoms with Gasteiger partial charge in [0.1, 0.15) is 11.3 Å². The third-order valence-electron chi connectivity index (χ3n) is 5.14. The van der Waals surface area contributed by atoms with Crippen LogP contribution >= 0.6 is 0 Å². The highest BCUT2D eigenvalue weighted by molar-refractivity contribution is 5.77. The second-order valence-electron chi connectivity index (χ2n) is 7.98. The van der Waals surface area contributed by atoms with Crippen molar-refractivity contribution in [2.45, 2.75) is 39.5 Å². The van der Waals surface area contributed by atoms with Gasteiger partial charge in [0.2, 0.25) is 0 Å². The van der Waals surface area contributed by atoms with Gasteiger partial charge in [-0.25, -0.2) is 0 Å². The Morgan fingerprint density at radius 1 is 1.08 bits per heavy atom. The van der Waals surface area contributed by atoms with Gasteiger partial charge in [0.05, 0.1) is 0 Å². The standard InChI is InChI=1S/C22H25NO/c1-22(2,3)19-10-11-23-20-9-8-15(13-18(19)20)12-17-14-16-6-4-5-7-21(16)24-17/h4-9,13-14,19,23H,10-12H2,1-3H3. The van der Waals surface area contributed by atoms with E-state index in [1.165, 1.54) is 28.6 Å². The maximum Gasteiger partial charge on any atom is 0.134 e. The van der Waals surface area contributed by atoms with Gasteiger partial charge < -0.3 is 9.73 Å². The van der Waals surface area contributed by atoms with Gasteiger partial charge in [-0.05, 0) is 47.1 Å². The number of hydrogen-bond acceptors (Lipinski definition) is 2. The molecule has 1 aromatic heterocycles. The zero-order chi connectivity index (χ0) is 16.7. The van der Waals surface area contributed by atoms with E-state index in [0.29, 0.717) is 5.92 Å². The lowest BCUT2D eigenvalue weighted by molar-refractivity contribution is 0.305. The minimum absolute atomic E-state index is 0.287. The Morgan fingerprint density at radius 3 is 2.71 bits per heavy atom. The second-order valence-corrected chi connectivity index (χ2v) is 7.98. The molecule has 4 rings (SSSR count). The van der Waals surface area contributed by atoms with E-state index in [1.54, 1.807) is 0 Å². The molecule has 0 saturated carbocycles. The molecule has 1 aliphatic heterocycles. The summed E-state index contributed by atoms with van der Waals surface area (Å²) in [4.78, 5) is 0. The summed E-state index contributed by atoms with van der Waals surface area (Å²) in [6.45, 7) is 8.11. The summed E-state index contributed by atoms with van der Waals surface area (Å²) in [6.07, 6.45) is 2.05. The molecule has 3 aromatic rings. The number of nitrogens with one attached hydrogen (secondary N) is 1. The minimum Gasteiger partial charge on any atom is -0.461 e. The summed E-state index contributed by atoms with van der Waals surface area (Å²) in [6, 6.07) is 17.2. The number of para-hydroxylation sites is 1. The Kier molecular flexibility index (Phi) is 3.64. The lowest BCUT2D eigenvalue weighted by Gasteiger charge is -2.36. The van der Waals surface area contributed by atoms with Crippen LogP contribution in [0.2, 0.25) is 0 Å². The maximum absolute atomic E-state index is 5.99. The summed E-state index contributed by atoms with van der Waals surface area (Å²) in [5.74, 6) is 1.64. The predicted octanol–water partition coefficient (Wildman–Crippen LogP) is 5.97. The van der Waals surface area contributed by atoms with Gasteiger partial charge in [-0.2, -0.15) is 0 Å². The van der Waals surface area contributed by atoms with E-state index in [1.807, 2.05) is 12.1 Å². The van der Waals surface area contributed by atoms with Gasteiger partial charge in [-0.15, -0.1) is 0 Å². The van der Waals surface area contributed by atoms with Gasteiger partial charge in [-0.3, -0.25) is 0 Å². The van der Waals surface area contributed by atoms with Crippen molar-refractivity contribution in [1.29, 1.82) is 0 Å². The van der Waals surface area contributed by atoms with Crippen molar-refractivity contribution in [2.75, 3.05) is 11.9 Å². The molecule has 0 radical (unpaired) electrons. The molecule has 2 heteroatoms. The highest BCUT2D eigenvalue weighted by Crippen LogP contribution is 2.43. The largest absolute Gasteiger partial charge is 0.461 e. The van der Waals surface area contributed by atoms with E-state index < -0.39 is 0 Å². The van der Waals surface area contributed by atoms with Crippen molar-refractivity contribution < 1.29 is 4.42 Å². The summed E-state index contributed by atoms with van der Waals surface area (Å²) in [7, 11) is 0. The first-order chi connectivity index (χ1) is 11.5. The first kappa shape index (κ1) is 15.3. The molecule has 2 nitrogen and oxygen atoms in total. The molecule has 0 amide bonds. The molecular formula is C22H25NO. The average Bonchev–Trinajstić information content (AvgIpc) is 2.95. The molecule has 24 heavy (non-hydrogen) atoms. The van der Waals surface area contributed by atoms with Crippen molar-refractivity contribution >= 4 is 16.7 Å². The SMILES string of the molecule is CC(C)(C)C1CCNc2ccc(Cc3cc4ccccc4o3)cc21. The van der Waals surface area contributed by atoms with Crippen molar-refractivity contribution in [2.24, 2.45) is 5.41 Å². The maximum atomic E-state index is 5.99. The molecule has 0 saturated heterocycles. The number of benzene rings is 2. The predicted molar refractivity (Wildman–Crippen MR) is 101 cm³/mol. The fourth-order valence-electron chi connectivity index (χ4n) is 3.90. The molecule has 0 spiro atoms. The summed E-state index contributed by atoms with van der Waals surface area (Å²) in [5.41, 5.74) is 5.34. The average molecular weight is 319 g/mol. The lowest BCUT2D eigenvalue weighted by Crippen LogP contribution is -2.26. The van der Waals surface area contributed by atoms with Crippen LogP contribution in [0.15, 0.2) is 52.9 Å². The molecule has 2 heterocycles. The summed E-state index contributed by atoms with van der Waals surface area (Å²) < 4.78 is 5.99. The van der Waals surface area contributed by atoms with E-state index in [2.05, 4.69) is 62.5 Å². The zero-order valence-corrected chi connectivity index (χ0v) is 14.7. The van der Waals surface area contributed by atoms with Crippen molar-refractivity contribution in [3.63, 3.8) is 0 Å². The van der Waals surface area contributed by atoms with Crippen LogP contribution in [-0.4, -0.2) is 6.54 Å². The van der Waals surface area contributed by atoms with Gasteiger partial charge >= 0.3 is 0 Å². The fraction of sp³-hybridized carbons (Fsp3) is 0.364. The van der Waals surface area contributed by atoms with Gasteiger partial charge in [0, 0.05) is 24.0 Å². The summed E-state index contributed by atoms with van der Waals surface area (Å²) in [5, 5.41) is 4.73. The molecule has 0 aliphatic carbocycles. The number of fused-ring (bicyclic) bond motifs is 2. The Bertz CT molecular complexity index is 836. The van der Waals surface area contributed by atoms with Gasteiger partial charge in [0.25, 0.3) is 0 Å². The van der Waals surface area contributed by atoms with E-state index in [9.17, 15) is 0 Å². The van der Waals surface area contributed by atoms with Crippen LogP contribution in [0.1, 0.15) is 50.0 Å². The van der Waals surface area contributed by atoms with Crippen LogP contribution < -0.4 is 5.32 Å². The third kappa shape index (κ3) is 2.82. The normalized spacial score (nSPS) is 17.5. The molecule has 2 aromatic carbocycles. The third-order valence-corrected chi connectivity index (χ3v) is 5.14. The Labute approximate surface area is 143 Å². The molecule has 1 unspecified atom stereocenters. The highest BCUT2D eigenvalue weighted by Gasteiger charge is 2.30. The van der Waals surface area contributed by atoms with Crippen LogP contribution in [0.3, 0.4) is 0 Å². The first-order valence-electron chi connectivity index (χ1n) is 8.85. The molecule has 0 fully saturated rings. The Hall–Kier alpha value is -2.22. The van der Waals surface area contributed by atoms with Crippen molar-refractivity contribution in [3.8, 4) is 0 Å². The highest BCUT2D eigenvalue weighted by atomic mass is 16.3. The molecular weight excluding hydrogens is 294 g/mol. The topological polar surface area (TPSA) is 25.2 Å². The Balaban J connectivity index is 1.67. The van der Waals surface area contributed by atoms with E-state index in [4.69, 9.17) is 4.42 Å². The molecule has 1 atom stereocenters. The first-order valence-corrected chi connectivity index (χ1v) is 8.85. The molecule has 124 valence electrons. The number of hydrogen-bond donors (Lipinski definition) is 1. The van der Waals surface area contributed by atoms with Crippen LogP contribution in [0.4, 0.5) is 5.69 Å². The van der Waals surface area contributed by atoms with E-state index in [-0.39, 0.29) is 5.41 Å². The number of anilines is 1. The monoisotopic (exact) mass is 319 g/mol. The van der Waals surface area contributed by atoms with Crippen LogP contribution in [-0.2, 0) is 6.42 Å². The van der Waals surface area contributed by atoms with Crippen molar-refractivity contribution in [3.05, 3.63) is 65.4 Å². The molecule has 1 aliphatic rings. The summed E-state index contributed by atoms with van der Waals surface area (Å²) >= 11 is 0. The fourth-order valence-corrected chi connectivity index (χ4v) is 3.90. The van der Waals surface area contributed by atoms with Crippen LogP contribution in [0, 0.1) is 5.41 Å². The Morgan fingerprint density at radius 2 is 1.92 bits per heavy atom. The second kappa shape index (κ2) is 5.70. The molecule has 0 bridgehead atoms. The van der Waals surface area contributed by atoms with Gasteiger partial charge in [-0.1, -0.05) is 51.1 Å². The van der Waals surface area contributed by atoms with Crippen LogP contribution in [0.5, 0.6) is 0 Å². The smallest absolute Gasteiger partial charge is 0.134 e. The molecule has 1 N–H and O–H groups in total. The van der Waals surface area contributed by atoms with E-state index >= 15 is 0 Å². The number of rotatable bonds is 2. The lowest BCUT2D eigenvalue weighted by atomic mass is 9.72. The van der Waals surface area contributed by atoms with Crippen molar-refractivity contribution in [1.82, 2.24) is 0 Å².